The van der Waals surface area contributed by atoms with Gasteiger partial charge in [0.1, 0.15) is 12.2 Å². The van der Waals surface area contributed by atoms with Crippen molar-refractivity contribution in [3.63, 3.8) is 0 Å². The van der Waals surface area contributed by atoms with E-state index in [0.717, 1.165) is 11.9 Å². The molecule has 0 aliphatic heterocycles. The molecular weight excluding hydrogens is 416 g/mol. The third kappa shape index (κ3) is 5.71. The summed E-state index contributed by atoms with van der Waals surface area (Å²) in [6.45, 7) is 9.97. The Kier molecular flexibility index (Phi) is 7.46. The fourth-order valence-corrected chi connectivity index (χ4v) is 3.74. The summed E-state index contributed by atoms with van der Waals surface area (Å²) in [7, 11) is 1.59. The Hall–Kier alpha value is -2.70. The molecule has 1 amide bonds. The first-order chi connectivity index (χ1) is 14.8. The van der Waals surface area contributed by atoms with Crippen molar-refractivity contribution in [2.24, 2.45) is 0 Å². The largest absolute Gasteiger partial charge is 0.493 e. The minimum absolute atomic E-state index is 0.208. The SMILES string of the molecule is COc1ccc(NC(=O)c2cc3cc(Cl)ccc3o2)cc1OCCN(C(C)C)C(C)C. The lowest BCUT2D eigenvalue weighted by Crippen LogP contribution is -2.39. The molecule has 1 heterocycles. The summed E-state index contributed by atoms with van der Waals surface area (Å²) >= 11 is 6.01. The number of methoxy groups -OCH3 is 1. The highest BCUT2D eigenvalue weighted by molar-refractivity contribution is 6.31. The maximum absolute atomic E-state index is 12.7. The Morgan fingerprint density at radius 3 is 2.48 bits per heavy atom. The van der Waals surface area contributed by atoms with Crippen LogP contribution in [0.2, 0.25) is 5.02 Å². The van der Waals surface area contributed by atoms with E-state index in [9.17, 15) is 4.79 Å². The van der Waals surface area contributed by atoms with E-state index in [1.807, 2.05) is 0 Å². The van der Waals surface area contributed by atoms with E-state index in [-0.39, 0.29) is 11.7 Å². The molecule has 0 atom stereocenters. The molecule has 0 saturated heterocycles. The molecule has 0 aliphatic rings. The number of halogens is 1. The fraction of sp³-hybridized carbons (Fsp3) is 0.375. The molecule has 0 aliphatic carbocycles. The Morgan fingerprint density at radius 2 is 1.81 bits per heavy atom. The van der Waals surface area contributed by atoms with Crippen LogP contribution in [0.15, 0.2) is 46.9 Å². The summed E-state index contributed by atoms with van der Waals surface area (Å²) in [6, 6.07) is 13.0. The number of amides is 1. The van der Waals surface area contributed by atoms with Crippen molar-refractivity contribution in [2.75, 3.05) is 25.6 Å². The number of nitrogens with one attached hydrogen (secondary N) is 1. The van der Waals surface area contributed by atoms with Crippen LogP contribution < -0.4 is 14.8 Å². The molecule has 0 radical (unpaired) electrons. The normalized spacial score (nSPS) is 11.5. The van der Waals surface area contributed by atoms with Crippen molar-refractivity contribution in [3.05, 3.63) is 53.2 Å². The fourth-order valence-electron chi connectivity index (χ4n) is 3.56. The Labute approximate surface area is 188 Å². The van der Waals surface area contributed by atoms with Gasteiger partial charge in [0.25, 0.3) is 5.91 Å². The average Bonchev–Trinajstić information content (AvgIpc) is 3.14. The van der Waals surface area contributed by atoms with Gasteiger partial charge < -0.3 is 19.2 Å². The Balaban J connectivity index is 1.70. The maximum atomic E-state index is 12.7. The van der Waals surface area contributed by atoms with Gasteiger partial charge in [0.05, 0.1) is 7.11 Å². The average molecular weight is 445 g/mol. The highest BCUT2D eigenvalue weighted by Crippen LogP contribution is 2.31. The second kappa shape index (κ2) is 10.1. The molecule has 166 valence electrons. The van der Waals surface area contributed by atoms with Gasteiger partial charge in [-0.3, -0.25) is 9.69 Å². The molecule has 0 saturated carbocycles. The molecule has 1 aromatic heterocycles. The number of carbonyl (C=O) groups excluding carboxylic acids is 1. The molecule has 31 heavy (non-hydrogen) atoms. The summed E-state index contributed by atoms with van der Waals surface area (Å²) in [5.41, 5.74) is 1.19. The van der Waals surface area contributed by atoms with E-state index in [1.165, 1.54) is 0 Å². The number of rotatable bonds is 9. The number of hydrogen-bond donors (Lipinski definition) is 1. The molecule has 1 N–H and O–H groups in total. The van der Waals surface area contributed by atoms with Crippen LogP contribution in [0.1, 0.15) is 38.2 Å². The topological polar surface area (TPSA) is 63.9 Å². The number of hydrogen-bond acceptors (Lipinski definition) is 5. The van der Waals surface area contributed by atoms with E-state index in [2.05, 4.69) is 37.9 Å². The minimum atomic E-state index is -0.353. The van der Waals surface area contributed by atoms with Gasteiger partial charge in [-0.15, -0.1) is 0 Å². The van der Waals surface area contributed by atoms with Gasteiger partial charge in [0, 0.05) is 40.8 Å². The van der Waals surface area contributed by atoms with Crippen LogP contribution in [-0.2, 0) is 0 Å². The molecular formula is C24H29ClN2O4. The van der Waals surface area contributed by atoms with Gasteiger partial charge in [-0.25, -0.2) is 0 Å². The van der Waals surface area contributed by atoms with Crippen molar-refractivity contribution >= 4 is 34.2 Å². The minimum Gasteiger partial charge on any atom is -0.493 e. The molecule has 3 aromatic rings. The number of carbonyl (C=O) groups is 1. The van der Waals surface area contributed by atoms with E-state index in [0.29, 0.717) is 46.5 Å². The van der Waals surface area contributed by atoms with Crippen molar-refractivity contribution in [2.45, 2.75) is 39.8 Å². The summed E-state index contributed by atoms with van der Waals surface area (Å²) in [5.74, 6) is 1.04. The predicted molar refractivity (Wildman–Crippen MR) is 125 cm³/mol. The van der Waals surface area contributed by atoms with Crippen LogP contribution in [0.4, 0.5) is 5.69 Å². The van der Waals surface area contributed by atoms with E-state index in [1.54, 1.807) is 49.6 Å². The highest BCUT2D eigenvalue weighted by Gasteiger charge is 2.16. The van der Waals surface area contributed by atoms with Crippen molar-refractivity contribution in [1.29, 1.82) is 0 Å². The van der Waals surface area contributed by atoms with Gasteiger partial charge in [-0.05, 0) is 64.1 Å². The van der Waals surface area contributed by atoms with E-state index >= 15 is 0 Å². The van der Waals surface area contributed by atoms with E-state index < -0.39 is 0 Å². The van der Waals surface area contributed by atoms with Gasteiger partial charge >= 0.3 is 0 Å². The second-order valence-corrected chi connectivity index (χ2v) is 8.32. The van der Waals surface area contributed by atoms with Crippen molar-refractivity contribution < 1.29 is 18.7 Å². The number of ether oxygens (including phenoxy) is 2. The molecule has 0 bridgehead atoms. The standard InChI is InChI=1S/C24H29ClN2O4/c1-15(2)27(16(3)4)10-11-30-22-14-19(7-9-21(22)29-5)26-24(28)23-13-17-12-18(25)6-8-20(17)31-23/h6-9,12-16H,10-11H2,1-5H3,(H,26,28). The number of furan rings is 1. The lowest BCUT2D eigenvalue weighted by Gasteiger charge is -2.30. The van der Waals surface area contributed by atoms with Crippen molar-refractivity contribution in [1.82, 2.24) is 4.90 Å². The smallest absolute Gasteiger partial charge is 0.291 e. The first kappa shape index (κ1) is 23.0. The van der Waals surface area contributed by atoms with Crippen LogP contribution >= 0.6 is 11.6 Å². The summed E-state index contributed by atoms with van der Waals surface area (Å²) in [4.78, 5) is 15.0. The molecule has 2 aromatic carbocycles. The summed E-state index contributed by atoms with van der Waals surface area (Å²) in [6.07, 6.45) is 0. The maximum Gasteiger partial charge on any atom is 0.291 e. The van der Waals surface area contributed by atoms with Crippen LogP contribution in [-0.4, -0.2) is 43.2 Å². The first-order valence-electron chi connectivity index (χ1n) is 10.4. The highest BCUT2D eigenvalue weighted by atomic mass is 35.5. The lowest BCUT2D eigenvalue weighted by molar-refractivity contribution is 0.0998. The van der Waals surface area contributed by atoms with E-state index in [4.69, 9.17) is 25.5 Å². The van der Waals surface area contributed by atoms with Gasteiger partial charge in [-0.1, -0.05) is 11.6 Å². The predicted octanol–water partition coefficient (Wildman–Crippen LogP) is 5.84. The quantitative estimate of drug-likeness (QED) is 0.448. The monoisotopic (exact) mass is 444 g/mol. The van der Waals surface area contributed by atoms with Gasteiger partial charge in [-0.2, -0.15) is 0 Å². The molecule has 0 spiro atoms. The molecule has 0 fully saturated rings. The number of nitrogens with zero attached hydrogens (tertiary/aromatic N) is 1. The lowest BCUT2D eigenvalue weighted by atomic mass is 10.2. The Bertz CT molecular complexity index is 1040. The number of benzene rings is 2. The first-order valence-corrected chi connectivity index (χ1v) is 10.7. The Morgan fingerprint density at radius 1 is 1.06 bits per heavy atom. The summed E-state index contributed by atoms with van der Waals surface area (Å²) in [5, 5.41) is 4.21. The molecule has 0 unspecified atom stereocenters. The van der Waals surface area contributed by atoms with Gasteiger partial charge in [0.15, 0.2) is 17.3 Å². The molecule has 6 nitrogen and oxygen atoms in total. The third-order valence-corrected chi connectivity index (χ3v) is 5.29. The molecule has 7 heteroatoms. The number of anilines is 1. The summed E-state index contributed by atoms with van der Waals surface area (Å²) < 4.78 is 17.0. The zero-order valence-corrected chi connectivity index (χ0v) is 19.3. The van der Waals surface area contributed by atoms with Gasteiger partial charge in [0.2, 0.25) is 0 Å². The second-order valence-electron chi connectivity index (χ2n) is 7.89. The van der Waals surface area contributed by atoms with Crippen LogP contribution in [0.3, 0.4) is 0 Å². The number of fused-ring (bicyclic) bond motifs is 1. The zero-order chi connectivity index (χ0) is 22.5. The zero-order valence-electron chi connectivity index (χ0n) is 18.6. The van der Waals surface area contributed by atoms with Crippen LogP contribution in [0.25, 0.3) is 11.0 Å². The third-order valence-electron chi connectivity index (χ3n) is 5.06. The molecule has 3 rings (SSSR count). The van der Waals surface area contributed by atoms with Crippen LogP contribution in [0, 0.1) is 0 Å². The van der Waals surface area contributed by atoms with Crippen molar-refractivity contribution in [3.8, 4) is 11.5 Å². The van der Waals surface area contributed by atoms with Crippen LogP contribution in [0.5, 0.6) is 11.5 Å².